The molecule has 0 aliphatic heterocycles. The number of anilines is 1. The predicted molar refractivity (Wildman–Crippen MR) is 129 cm³/mol. The summed E-state index contributed by atoms with van der Waals surface area (Å²) < 4.78 is 30.0. The number of fused-ring (bicyclic) bond motifs is 1. The second-order valence-electron chi connectivity index (χ2n) is 7.00. The number of nitrogen functional groups attached to an aromatic ring is 1. The van der Waals surface area contributed by atoms with Crippen LogP contribution in [0.2, 0.25) is 0 Å². The van der Waals surface area contributed by atoms with E-state index in [1.807, 2.05) is 12.1 Å². The summed E-state index contributed by atoms with van der Waals surface area (Å²) in [6.07, 6.45) is -1.05. The Bertz CT molecular complexity index is 1310. The number of aryl methyl sites for hydroxylation is 1. The average Bonchev–Trinajstić information content (AvgIpc) is 3.10. The van der Waals surface area contributed by atoms with Crippen LogP contribution in [0.25, 0.3) is 22.2 Å². The monoisotopic (exact) mass is 494 g/mol. The van der Waals surface area contributed by atoms with Crippen molar-refractivity contribution >= 4 is 44.8 Å². The van der Waals surface area contributed by atoms with Gasteiger partial charge in [-0.25, -0.2) is 29.5 Å². The number of amidine groups is 1. The van der Waals surface area contributed by atoms with Crippen molar-refractivity contribution in [3.8, 4) is 11.1 Å². The Morgan fingerprint density at radius 1 is 1.30 bits per heavy atom. The van der Waals surface area contributed by atoms with Gasteiger partial charge in [-0.15, -0.1) is 5.10 Å². The minimum absolute atomic E-state index is 0.0969. The van der Waals surface area contributed by atoms with Crippen molar-refractivity contribution in [1.29, 1.82) is 0 Å². The fourth-order valence-electron chi connectivity index (χ4n) is 3.31. The molecule has 0 radical (unpaired) electrons. The molecule has 3 aromatic rings. The van der Waals surface area contributed by atoms with Gasteiger partial charge in [0.15, 0.2) is 5.84 Å². The first-order valence-electron chi connectivity index (χ1n) is 9.58. The number of hydrogen-bond donors (Lipinski definition) is 8. The van der Waals surface area contributed by atoms with E-state index in [4.69, 9.17) is 28.2 Å². The molecule has 0 saturated carbocycles. The van der Waals surface area contributed by atoms with Crippen molar-refractivity contribution in [2.75, 3.05) is 18.8 Å². The van der Waals surface area contributed by atoms with Gasteiger partial charge >= 0.3 is 0 Å². The highest BCUT2D eigenvalue weighted by atomic mass is 32.2. The van der Waals surface area contributed by atoms with E-state index in [1.54, 1.807) is 23.7 Å². The normalized spacial score (nSPS) is 13.4. The number of para-hydroxylation sites is 1. The molecule has 13 nitrogen and oxygen atoms in total. The van der Waals surface area contributed by atoms with E-state index in [-0.39, 0.29) is 34.3 Å². The van der Waals surface area contributed by atoms with Crippen LogP contribution in [-0.2, 0) is 17.1 Å². The van der Waals surface area contributed by atoms with Crippen molar-refractivity contribution in [2.45, 2.75) is 15.9 Å². The lowest BCUT2D eigenvalue weighted by Crippen LogP contribution is -2.36. The lowest BCUT2D eigenvalue weighted by molar-refractivity contribution is 0.186. The number of hydrazone groups is 1. The molecule has 1 atom stereocenters. The quantitative estimate of drug-likeness (QED) is 0.0558. The number of nitrogens with two attached hydrogens (primary N) is 5. The maximum Gasteiger partial charge on any atom is 0.241 e. The predicted octanol–water partition coefficient (Wildman–Crippen LogP) is -1.53. The zero-order chi connectivity index (χ0) is 24.3. The molecule has 2 aromatic carbocycles. The van der Waals surface area contributed by atoms with Gasteiger partial charge in [-0.3, -0.25) is 5.14 Å². The molecule has 33 heavy (non-hydrogen) atoms. The van der Waals surface area contributed by atoms with Crippen LogP contribution < -0.4 is 38.4 Å². The highest BCUT2D eigenvalue weighted by Gasteiger charge is 2.27. The van der Waals surface area contributed by atoms with Crippen LogP contribution >= 0.6 is 11.9 Å². The summed E-state index contributed by atoms with van der Waals surface area (Å²) in [5.74, 6) is 5.53. The number of hydrazine groups is 1. The number of hydrogen-bond acceptors (Lipinski definition) is 11. The Hall–Kier alpha value is -2.92. The second-order valence-corrected chi connectivity index (χ2v) is 9.38. The highest BCUT2D eigenvalue weighted by molar-refractivity contribution is 7.98. The van der Waals surface area contributed by atoms with Crippen LogP contribution in [0.5, 0.6) is 0 Å². The van der Waals surface area contributed by atoms with Crippen LogP contribution in [0.4, 0.5) is 5.95 Å². The first-order valence-corrected chi connectivity index (χ1v) is 11.9. The lowest BCUT2D eigenvalue weighted by Gasteiger charge is -2.18. The zero-order valence-corrected chi connectivity index (χ0v) is 19.3. The Morgan fingerprint density at radius 3 is 2.67 bits per heavy atom. The number of aromatic nitrogens is 2. The lowest BCUT2D eigenvalue weighted by atomic mass is 9.97. The average molecular weight is 495 g/mol. The van der Waals surface area contributed by atoms with Crippen molar-refractivity contribution in [1.82, 2.24) is 19.8 Å². The Balaban J connectivity index is 2.30. The van der Waals surface area contributed by atoms with Crippen LogP contribution in [0.3, 0.4) is 0 Å². The number of sulfonamides is 1. The van der Waals surface area contributed by atoms with E-state index in [9.17, 15) is 13.5 Å². The van der Waals surface area contributed by atoms with Gasteiger partial charge < -0.3 is 26.9 Å². The molecule has 0 unspecified atom stereocenters. The molecule has 0 aliphatic rings. The van der Waals surface area contributed by atoms with E-state index >= 15 is 0 Å². The van der Waals surface area contributed by atoms with E-state index in [2.05, 4.69) is 20.3 Å². The van der Waals surface area contributed by atoms with Crippen LogP contribution in [0, 0.1) is 0 Å². The molecule has 0 amide bonds. The largest absolute Gasteiger partial charge is 0.390 e. The fraction of sp³-hybridized carbons (Fsp3) is 0.222. The molecule has 1 heterocycles. The molecule has 0 aliphatic carbocycles. The third-order valence-corrected chi connectivity index (χ3v) is 7.24. The van der Waals surface area contributed by atoms with Crippen LogP contribution in [0.15, 0.2) is 45.2 Å². The number of rotatable bonds is 9. The zero-order valence-electron chi connectivity index (χ0n) is 17.7. The van der Waals surface area contributed by atoms with Gasteiger partial charge in [0.25, 0.3) is 0 Å². The summed E-state index contributed by atoms with van der Waals surface area (Å²) in [6.45, 7) is -0.380. The number of nitrogens with zero attached hydrogens (tertiary/aromatic N) is 3. The van der Waals surface area contributed by atoms with Crippen LogP contribution in [0.1, 0.15) is 5.56 Å². The Labute approximate surface area is 194 Å². The van der Waals surface area contributed by atoms with E-state index in [0.717, 1.165) is 5.52 Å². The summed E-state index contributed by atoms with van der Waals surface area (Å²) in [7, 11) is -2.31. The number of benzene rings is 2. The van der Waals surface area contributed by atoms with E-state index in [1.165, 1.54) is 6.07 Å². The van der Waals surface area contributed by atoms with Gasteiger partial charge in [-0.1, -0.05) is 18.2 Å². The molecule has 0 bridgehead atoms. The topological polar surface area (TPSA) is 239 Å². The summed E-state index contributed by atoms with van der Waals surface area (Å²) in [4.78, 5) is 4.40. The van der Waals surface area contributed by atoms with Crippen molar-refractivity contribution in [3.05, 3.63) is 35.9 Å². The highest BCUT2D eigenvalue weighted by Crippen LogP contribution is 2.37. The molecule has 0 spiro atoms. The van der Waals surface area contributed by atoms with Crippen LogP contribution in [-0.4, -0.2) is 48.1 Å². The molecule has 1 aromatic heterocycles. The smallest absolute Gasteiger partial charge is 0.241 e. The molecular formula is C18H26N10O3S2. The summed E-state index contributed by atoms with van der Waals surface area (Å²) in [5, 5.41) is 19.4. The standard InChI is InChI=1S/C18H26N10O3S2/c1-28-12-4-2-3-11(15(12)25-18(28)21)10-5-6-13(33(30,31)24-8-9(29)7-19)16(32-23)14(10)17(20)26-27-22/h2-6,9,24,27,29H,7-8,19,22-23H2,1H3,(H2,20,26)(H2,21,25)/t9-/m1/s1. The van der Waals surface area contributed by atoms with Gasteiger partial charge in [-0.05, 0) is 29.6 Å². The van der Waals surface area contributed by atoms with Crippen molar-refractivity contribution in [2.24, 2.45) is 34.6 Å². The third-order valence-electron chi connectivity index (χ3n) is 4.99. The number of nitrogens with one attached hydrogen (secondary N) is 2. The van der Waals surface area contributed by atoms with Gasteiger partial charge in [0.1, 0.15) is 0 Å². The molecule has 3 rings (SSSR count). The minimum Gasteiger partial charge on any atom is -0.390 e. The van der Waals surface area contributed by atoms with Crippen molar-refractivity contribution in [3.63, 3.8) is 0 Å². The van der Waals surface area contributed by atoms with Gasteiger partial charge in [0, 0.05) is 31.3 Å². The van der Waals surface area contributed by atoms with Gasteiger partial charge in [0.2, 0.25) is 16.0 Å². The molecule has 0 saturated heterocycles. The van der Waals surface area contributed by atoms with Gasteiger partial charge in [0.05, 0.1) is 26.9 Å². The fourth-order valence-corrected chi connectivity index (χ4v) is 5.46. The first-order chi connectivity index (χ1) is 15.7. The maximum atomic E-state index is 13.0. The molecule has 178 valence electrons. The summed E-state index contributed by atoms with van der Waals surface area (Å²) in [6, 6.07) is 8.42. The first kappa shape index (κ1) is 24.7. The van der Waals surface area contributed by atoms with E-state index < -0.39 is 16.1 Å². The number of aliphatic hydroxyl groups excluding tert-OH is 1. The Morgan fingerprint density at radius 2 is 2.03 bits per heavy atom. The Kier molecular flexibility index (Phi) is 7.43. The van der Waals surface area contributed by atoms with E-state index in [0.29, 0.717) is 34.5 Å². The summed E-state index contributed by atoms with van der Waals surface area (Å²) >= 11 is 0.680. The number of aliphatic hydroxyl groups is 1. The molecule has 15 heteroatoms. The SMILES string of the molecule is Cn1c(N)nc2c(-c3ccc(S(=O)(=O)NC[C@H](O)CN)c(SN)c3/C(N)=N/NN)cccc21. The summed E-state index contributed by atoms with van der Waals surface area (Å²) in [5.41, 5.74) is 22.4. The second kappa shape index (κ2) is 9.92. The third kappa shape index (κ3) is 4.74. The molecule has 13 N–H and O–H groups in total. The minimum atomic E-state index is -4.09. The van der Waals surface area contributed by atoms with Gasteiger partial charge in [-0.2, -0.15) is 0 Å². The molecular weight excluding hydrogens is 468 g/mol. The number of imidazole rings is 1. The van der Waals surface area contributed by atoms with Crippen molar-refractivity contribution < 1.29 is 13.5 Å². The maximum absolute atomic E-state index is 13.0. The molecule has 0 fully saturated rings.